The van der Waals surface area contributed by atoms with Crippen molar-refractivity contribution >= 4 is 34.0 Å². The fourth-order valence-corrected chi connectivity index (χ4v) is 2.15. The first-order valence-electron chi connectivity index (χ1n) is 5.45. The van der Waals surface area contributed by atoms with Crippen LogP contribution in [0.4, 0.5) is 10.7 Å². The largest absolute Gasteiger partial charge is 0.324 e. The zero-order valence-corrected chi connectivity index (χ0v) is 10.9. The van der Waals surface area contributed by atoms with Crippen molar-refractivity contribution in [2.24, 2.45) is 4.99 Å². The molecule has 0 amide bonds. The molecule has 0 fully saturated rings. The van der Waals surface area contributed by atoms with Crippen LogP contribution in [0, 0.1) is 10.1 Å². The summed E-state index contributed by atoms with van der Waals surface area (Å²) in [5, 5.41) is 10.6. The van der Waals surface area contributed by atoms with Gasteiger partial charge in [-0.15, -0.1) is 0 Å². The summed E-state index contributed by atoms with van der Waals surface area (Å²) in [4.78, 5) is 26.2. The maximum Gasteiger partial charge on any atom is 0.324 e. The SMILES string of the molecule is CC(=O)c1cccc(N=Cc2ccc([N+](=O)[O-])s2)c1. The van der Waals surface area contributed by atoms with Gasteiger partial charge in [0.25, 0.3) is 0 Å². The molecule has 0 spiro atoms. The Morgan fingerprint density at radius 2 is 2.16 bits per heavy atom. The number of carbonyl (C=O) groups is 1. The van der Waals surface area contributed by atoms with Gasteiger partial charge in [0.1, 0.15) is 0 Å². The fraction of sp³-hybridized carbons (Fsp3) is 0.0769. The Morgan fingerprint density at radius 3 is 2.79 bits per heavy atom. The second-order valence-corrected chi connectivity index (χ2v) is 4.89. The van der Waals surface area contributed by atoms with Gasteiger partial charge in [0, 0.05) is 17.8 Å². The third-order valence-electron chi connectivity index (χ3n) is 2.39. The van der Waals surface area contributed by atoms with Gasteiger partial charge < -0.3 is 0 Å². The number of rotatable bonds is 4. The van der Waals surface area contributed by atoms with Gasteiger partial charge in [-0.3, -0.25) is 19.9 Å². The normalized spacial score (nSPS) is 10.8. The standard InChI is InChI=1S/C13H10N2O3S/c1-9(16)10-3-2-4-11(7-10)14-8-12-5-6-13(19-12)15(17)18/h2-8H,1H3. The number of aliphatic imine (C=N–C) groups is 1. The minimum absolute atomic E-state index is 0.0242. The van der Waals surface area contributed by atoms with Crippen LogP contribution in [0.2, 0.25) is 0 Å². The highest BCUT2D eigenvalue weighted by Crippen LogP contribution is 2.23. The van der Waals surface area contributed by atoms with Crippen LogP contribution in [-0.2, 0) is 0 Å². The van der Waals surface area contributed by atoms with E-state index in [2.05, 4.69) is 4.99 Å². The molecule has 5 nitrogen and oxygen atoms in total. The Balaban J connectivity index is 2.19. The summed E-state index contributed by atoms with van der Waals surface area (Å²) in [6.07, 6.45) is 1.55. The van der Waals surface area contributed by atoms with Crippen LogP contribution in [0.15, 0.2) is 41.4 Å². The smallest absolute Gasteiger partial charge is 0.295 e. The number of hydrogen-bond acceptors (Lipinski definition) is 5. The van der Waals surface area contributed by atoms with Crippen LogP contribution < -0.4 is 0 Å². The van der Waals surface area contributed by atoms with E-state index < -0.39 is 4.92 Å². The Kier molecular flexibility index (Phi) is 3.82. The van der Waals surface area contributed by atoms with Gasteiger partial charge in [-0.05, 0) is 25.1 Å². The Morgan fingerprint density at radius 1 is 1.37 bits per heavy atom. The molecule has 1 aromatic carbocycles. The first-order chi connectivity index (χ1) is 9.06. The molecule has 2 aromatic rings. The lowest BCUT2D eigenvalue weighted by Crippen LogP contribution is -1.89. The Bertz CT molecular complexity index is 661. The average molecular weight is 274 g/mol. The van der Waals surface area contributed by atoms with E-state index in [1.807, 2.05) is 0 Å². The lowest BCUT2D eigenvalue weighted by molar-refractivity contribution is -0.380. The molecule has 1 aromatic heterocycles. The maximum absolute atomic E-state index is 11.2. The van der Waals surface area contributed by atoms with Gasteiger partial charge in [-0.1, -0.05) is 23.5 Å². The number of nitro groups is 1. The molecule has 2 rings (SSSR count). The van der Waals surface area contributed by atoms with Crippen LogP contribution >= 0.6 is 11.3 Å². The summed E-state index contributed by atoms with van der Waals surface area (Å²) in [6.45, 7) is 1.49. The van der Waals surface area contributed by atoms with Crippen molar-refractivity contribution in [2.45, 2.75) is 6.92 Å². The minimum Gasteiger partial charge on any atom is -0.295 e. The van der Waals surface area contributed by atoms with Crippen molar-refractivity contribution in [3.05, 3.63) is 57.0 Å². The van der Waals surface area contributed by atoms with Crippen molar-refractivity contribution in [1.29, 1.82) is 0 Å². The molecular weight excluding hydrogens is 264 g/mol. The second-order valence-electron chi connectivity index (χ2n) is 3.80. The van der Waals surface area contributed by atoms with E-state index >= 15 is 0 Å². The monoisotopic (exact) mass is 274 g/mol. The summed E-state index contributed by atoms with van der Waals surface area (Å²) >= 11 is 1.06. The minimum atomic E-state index is -0.432. The summed E-state index contributed by atoms with van der Waals surface area (Å²) in [7, 11) is 0. The molecular formula is C13H10N2O3S. The molecule has 0 saturated carbocycles. The molecule has 0 bridgehead atoms. The summed E-state index contributed by atoms with van der Waals surface area (Å²) in [6, 6.07) is 10.0. The van der Waals surface area contributed by atoms with Crippen LogP contribution in [0.1, 0.15) is 22.2 Å². The molecule has 0 N–H and O–H groups in total. The van der Waals surface area contributed by atoms with Crippen LogP contribution in [0.3, 0.4) is 0 Å². The van der Waals surface area contributed by atoms with Gasteiger partial charge in [0.2, 0.25) is 0 Å². The van der Waals surface area contributed by atoms with Gasteiger partial charge in [0.05, 0.1) is 15.5 Å². The van der Waals surface area contributed by atoms with Crippen molar-refractivity contribution in [2.75, 3.05) is 0 Å². The topological polar surface area (TPSA) is 72.6 Å². The lowest BCUT2D eigenvalue weighted by Gasteiger charge is -1.96. The van der Waals surface area contributed by atoms with E-state index in [9.17, 15) is 14.9 Å². The van der Waals surface area contributed by atoms with Crippen LogP contribution in [0.5, 0.6) is 0 Å². The van der Waals surface area contributed by atoms with E-state index in [4.69, 9.17) is 0 Å². The highest BCUT2D eigenvalue weighted by Gasteiger charge is 2.08. The number of Topliss-reactive ketones (excluding diaryl/α,β-unsaturated/α-hetero) is 1. The molecule has 6 heteroatoms. The number of thiophene rings is 1. The van der Waals surface area contributed by atoms with Gasteiger partial charge in [-0.25, -0.2) is 0 Å². The number of nitrogens with zero attached hydrogens (tertiary/aromatic N) is 2. The zero-order valence-electron chi connectivity index (χ0n) is 10.1. The quantitative estimate of drug-likeness (QED) is 0.370. The molecule has 0 aliphatic heterocycles. The van der Waals surface area contributed by atoms with Crippen molar-refractivity contribution in [3.8, 4) is 0 Å². The third-order valence-corrected chi connectivity index (χ3v) is 3.36. The molecule has 0 saturated heterocycles. The number of benzene rings is 1. The molecule has 0 aliphatic carbocycles. The predicted molar refractivity (Wildman–Crippen MR) is 74.7 cm³/mol. The first-order valence-corrected chi connectivity index (χ1v) is 6.27. The van der Waals surface area contributed by atoms with Crippen LogP contribution in [0.25, 0.3) is 0 Å². The average Bonchev–Trinajstić information content (AvgIpc) is 2.85. The zero-order chi connectivity index (χ0) is 13.8. The predicted octanol–water partition coefficient (Wildman–Crippen LogP) is 3.61. The van der Waals surface area contributed by atoms with E-state index in [0.29, 0.717) is 16.1 Å². The molecule has 0 unspecified atom stereocenters. The Hall–Kier alpha value is -2.34. The highest BCUT2D eigenvalue weighted by molar-refractivity contribution is 7.16. The summed E-state index contributed by atoms with van der Waals surface area (Å²) < 4.78 is 0. The molecule has 96 valence electrons. The first kappa shape index (κ1) is 13.1. The molecule has 0 aliphatic rings. The molecule has 19 heavy (non-hydrogen) atoms. The van der Waals surface area contributed by atoms with E-state index in [-0.39, 0.29) is 10.8 Å². The maximum atomic E-state index is 11.2. The molecule has 0 radical (unpaired) electrons. The number of ketones is 1. The van der Waals surface area contributed by atoms with Gasteiger partial charge >= 0.3 is 5.00 Å². The third kappa shape index (κ3) is 3.32. The van der Waals surface area contributed by atoms with E-state index in [1.54, 1.807) is 36.5 Å². The lowest BCUT2D eigenvalue weighted by atomic mass is 10.1. The summed E-state index contributed by atoms with van der Waals surface area (Å²) in [5.74, 6) is -0.0242. The molecule has 0 atom stereocenters. The summed E-state index contributed by atoms with van der Waals surface area (Å²) in [5.41, 5.74) is 1.23. The Labute approximate surface area is 113 Å². The van der Waals surface area contributed by atoms with E-state index in [1.165, 1.54) is 13.0 Å². The highest BCUT2D eigenvalue weighted by atomic mass is 32.1. The number of hydrogen-bond donors (Lipinski definition) is 0. The second kappa shape index (κ2) is 5.53. The van der Waals surface area contributed by atoms with Gasteiger partial charge in [0.15, 0.2) is 5.78 Å². The molecule has 1 heterocycles. The van der Waals surface area contributed by atoms with Crippen molar-refractivity contribution in [3.63, 3.8) is 0 Å². The van der Waals surface area contributed by atoms with Gasteiger partial charge in [-0.2, -0.15) is 0 Å². The fourth-order valence-electron chi connectivity index (χ4n) is 1.45. The van der Waals surface area contributed by atoms with Crippen molar-refractivity contribution in [1.82, 2.24) is 0 Å². The van der Waals surface area contributed by atoms with Crippen molar-refractivity contribution < 1.29 is 9.72 Å². The van der Waals surface area contributed by atoms with Crippen LogP contribution in [-0.4, -0.2) is 16.9 Å². The van der Waals surface area contributed by atoms with E-state index in [0.717, 1.165) is 11.3 Å². The number of carbonyl (C=O) groups excluding carboxylic acids is 1.